The maximum atomic E-state index is 12.6. The molecule has 1 amide bonds. The normalized spacial score (nSPS) is 15.8. The van der Waals surface area contributed by atoms with E-state index >= 15 is 0 Å². The fourth-order valence-electron chi connectivity index (χ4n) is 3.40. The maximum Gasteiger partial charge on any atom is 0.306 e. The Balaban J connectivity index is 1.21. The minimum atomic E-state index is -3.56. The van der Waals surface area contributed by atoms with E-state index in [1.54, 1.807) is 30.3 Å². The number of nitrogens with zero attached hydrogens (tertiary/aromatic N) is 1. The summed E-state index contributed by atoms with van der Waals surface area (Å²) in [6.07, 6.45) is 0.424. The number of esters is 1. The van der Waals surface area contributed by atoms with E-state index in [-0.39, 0.29) is 18.1 Å². The topological polar surface area (TPSA) is 120 Å². The van der Waals surface area contributed by atoms with Gasteiger partial charge in [0, 0.05) is 31.3 Å². The predicted octanol–water partition coefficient (Wildman–Crippen LogP) is 1.55. The molecule has 2 aliphatic rings. The molecule has 4 rings (SSSR count). The molecule has 0 spiro atoms. The van der Waals surface area contributed by atoms with Gasteiger partial charge in [0.1, 0.15) is 0 Å². The smallest absolute Gasteiger partial charge is 0.306 e. The van der Waals surface area contributed by atoms with Crippen LogP contribution in [0.25, 0.3) is 0 Å². The molecule has 33 heavy (non-hydrogen) atoms. The first-order valence-corrected chi connectivity index (χ1v) is 11.9. The molecule has 176 valence electrons. The molecular weight excluding hydrogens is 452 g/mol. The fourth-order valence-corrected chi connectivity index (χ4v) is 4.81. The lowest BCUT2D eigenvalue weighted by Gasteiger charge is -2.26. The average Bonchev–Trinajstić information content (AvgIpc) is 3.30. The van der Waals surface area contributed by atoms with E-state index in [0.717, 1.165) is 5.56 Å². The number of aryl methyl sites for hydroxylation is 1. The molecule has 0 unspecified atom stereocenters. The molecule has 11 heteroatoms. The second-order valence-corrected chi connectivity index (χ2v) is 9.38. The van der Waals surface area contributed by atoms with Crippen LogP contribution in [0.3, 0.4) is 0 Å². The maximum absolute atomic E-state index is 12.6. The standard InChI is InChI=1S/C22H24N2O8S/c25-21(23-17-4-7-19-20(13-17)32-15-31-19)14-30-22(26)8-3-16-1-5-18(6-2-16)33(27,28)24-9-11-29-12-10-24/h1-2,4-7,13H,3,8-12,14-15H2,(H,23,25). The summed E-state index contributed by atoms with van der Waals surface area (Å²) in [6.45, 7) is 1.15. The third-order valence-corrected chi connectivity index (χ3v) is 7.08. The zero-order valence-electron chi connectivity index (χ0n) is 17.8. The zero-order chi connectivity index (χ0) is 23.3. The number of sulfonamides is 1. The number of hydrogen-bond acceptors (Lipinski definition) is 8. The van der Waals surface area contributed by atoms with Gasteiger partial charge in [-0.3, -0.25) is 9.59 Å². The summed E-state index contributed by atoms with van der Waals surface area (Å²) in [6, 6.07) is 11.4. The van der Waals surface area contributed by atoms with Gasteiger partial charge in [-0.2, -0.15) is 4.31 Å². The van der Waals surface area contributed by atoms with Crippen molar-refractivity contribution in [1.82, 2.24) is 4.31 Å². The highest BCUT2D eigenvalue weighted by molar-refractivity contribution is 7.89. The van der Waals surface area contributed by atoms with Crippen LogP contribution in [0.5, 0.6) is 11.5 Å². The summed E-state index contributed by atoms with van der Waals surface area (Å²) >= 11 is 0. The van der Waals surface area contributed by atoms with E-state index in [1.165, 1.54) is 16.4 Å². The Bertz CT molecular complexity index is 1110. The van der Waals surface area contributed by atoms with Crippen LogP contribution in [0.15, 0.2) is 47.4 Å². The monoisotopic (exact) mass is 476 g/mol. The number of benzene rings is 2. The quantitative estimate of drug-likeness (QED) is 0.570. The van der Waals surface area contributed by atoms with E-state index in [2.05, 4.69) is 5.32 Å². The summed E-state index contributed by atoms with van der Waals surface area (Å²) in [5.74, 6) is 0.139. The number of fused-ring (bicyclic) bond motifs is 1. The molecule has 10 nitrogen and oxygen atoms in total. The number of rotatable bonds is 8. The SMILES string of the molecule is O=C(COC(=O)CCc1ccc(S(=O)(=O)N2CCOCC2)cc1)Nc1ccc2c(c1)OCO2. The number of anilines is 1. The van der Waals surface area contributed by atoms with Crippen LogP contribution < -0.4 is 14.8 Å². The van der Waals surface area contributed by atoms with Crippen molar-refractivity contribution in [2.75, 3.05) is 45.0 Å². The Kier molecular flexibility index (Phi) is 7.11. The van der Waals surface area contributed by atoms with Gasteiger partial charge < -0.3 is 24.3 Å². The number of ether oxygens (including phenoxy) is 4. The first-order chi connectivity index (χ1) is 15.9. The van der Waals surface area contributed by atoms with Crippen LogP contribution in [0, 0.1) is 0 Å². The van der Waals surface area contributed by atoms with Crippen molar-refractivity contribution < 1.29 is 37.0 Å². The van der Waals surface area contributed by atoms with E-state index in [9.17, 15) is 18.0 Å². The molecule has 0 radical (unpaired) electrons. The van der Waals surface area contributed by atoms with Gasteiger partial charge in [0.15, 0.2) is 18.1 Å². The van der Waals surface area contributed by atoms with E-state index in [0.29, 0.717) is 49.9 Å². The fraction of sp³-hybridized carbons (Fsp3) is 0.364. The highest BCUT2D eigenvalue weighted by Gasteiger charge is 2.26. The molecule has 1 saturated heterocycles. The highest BCUT2D eigenvalue weighted by Crippen LogP contribution is 2.34. The lowest BCUT2D eigenvalue weighted by molar-refractivity contribution is -0.147. The van der Waals surface area contributed by atoms with Crippen molar-refractivity contribution >= 4 is 27.6 Å². The minimum Gasteiger partial charge on any atom is -0.456 e. The van der Waals surface area contributed by atoms with Crippen molar-refractivity contribution in [3.63, 3.8) is 0 Å². The second kappa shape index (κ2) is 10.2. The molecule has 1 N–H and O–H groups in total. The van der Waals surface area contributed by atoms with Crippen LogP contribution in [-0.4, -0.2) is 64.3 Å². The summed E-state index contributed by atoms with van der Waals surface area (Å²) in [4.78, 5) is 24.2. The molecule has 2 aromatic carbocycles. The third-order valence-electron chi connectivity index (χ3n) is 5.17. The Labute approximate surface area is 191 Å². The average molecular weight is 477 g/mol. The lowest BCUT2D eigenvalue weighted by atomic mass is 10.1. The van der Waals surface area contributed by atoms with Crippen LogP contribution in [0.4, 0.5) is 5.69 Å². The molecule has 2 aromatic rings. The lowest BCUT2D eigenvalue weighted by Crippen LogP contribution is -2.40. The Morgan fingerprint density at radius 1 is 1.00 bits per heavy atom. The summed E-state index contributed by atoms with van der Waals surface area (Å²) in [7, 11) is -3.56. The number of morpholine rings is 1. The number of carbonyl (C=O) groups is 2. The van der Waals surface area contributed by atoms with Gasteiger partial charge >= 0.3 is 5.97 Å². The molecule has 0 saturated carbocycles. The molecule has 0 bridgehead atoms. The van der Waals surface area contributed by atoms with E-state index < -0.39 is 28.5 Å². The molecule has 0 aliphatic carbocycles. The molecule has 0 atom stereocenters. The van der Waals surface area contributed by atoms with Crippen molar-refractivity contribution in [3.05, 3.63) is 48.0 Å². The van der Waals surface area contributed by atoms with Gasteiger partial charge in [0.25, 0.3) is 5.91 Å². The highest BCUT2D eigenvalue weighted by atomic mass is 32.2. The Hall–Kier alpha value is -3.15. The number of carbonyl (C=O) groups excluding carboxylic acids is 2. The summed E-state index contributed by atoms with van der Waals surface area (Å²) < 4.78 is 47.4. The van der Waals surface area contributed by atoms with Crippen LogP contribution >= 0.6 is 0 Å². The van der Waals surface area contributed by atoms with Gasteiger partial charge in [-0.05, 0) is 36.2 Å². The van der Waals surface area contributed by atoms with Crippen molar-refractivity contribution in [1.29, 1.82) is 0 Å². The van der Waals surface area contributed by atoms with Crippen LogP contribution in [-0.2, 0) is 35.5 Å². The molecule has 0 aromatic heterocycles. The molecular formula is C22H24N2O8S. The first kappa shape index (κ1) is 23.0. The summed E-state index contributed by atoms with van der Waals surface area (Å²) in [5.41, 5.74) is 1.30. The Morgan fingerprint density at radius 3 is 2.48 bits per heavy atom. The largest absolute Gasteiger partial charge is 0.456 e. The van der Waals surface area contributed by atoms with Crippen molar-refractivity contribution in [3.8, 4) is 11.5 Å². The van der Waals surface area contributed by atoms with E-state index in [1.807, 2.05) is 0 Å². The van der Waals surface area contributed by atoms with Crippen LogP contribution in [0.1, 0.15) is 12.0 Å². The Morgan fingerprint density at radius 2 is 1.73 bits per heavy atom. The van der Waals surface area contributed by atoms with Crippen LogP contribution in [0.2, 0.25) is 0 Å². The van der Waals surface area contributed by atoms with Gasteiger partial charge in [-0.1, -0.05) is 12.1 Å². The molecule has 1 fully saturated rings. The predicted molar refractivity (Wildman–Crippen MR) is 116 cm³/mol. The number of nitrogens with one attached hydrogen (secondary N) is 1. The molecule has 2 aliphatic heterocycles. The second-order valence-electron chi connectivity index (χ2n) is 7.44. The first-order valence-electron chi connectivity index (χ1n) is 10.4. The minimum absolute atomic E-state index is 0.0624. The molecule has 2 heterocycles. The van der Waals surface area contributed by atoms with Gasteiger partial charge in [0.2, 0.25) is 16.8 Å². The van der Waals surface area contributed by atoms with Gasteiger partial charge in [-0.15, -0.1) is 0 Å². The third kappa shape index (κ3) is 5.81. The summed E-state index contributed by atoms with van der Waals surface area (Å²) in [5, 5.41) is 2.63. The van der Waals surface area contributed by atoms with E-state index in [4.69, 9.17) is 18.9 Å². The van der Waals surface area contributed by atoms with Crippen molar-refractivity contribution in [2.24, 2.45) is 0 Å². The zero-order valence-corrected chi connectivity index (χ0v) is 18.6. The number of hydrogen-bond donors (Lipinski definition) is 1. The number of amides is 1. The van der Waals surface area contributed by atoms with Crippen molar-refractivity contribution in [2.45, 2.75) is 17.7 Å². The van der Waals surface area contributed by atoms with Gasteiger partial charge in [-0.25, -0.2) is 8.42 Å². The van der Waals surface area contributed by atoms with Gasteiger partial charge in [0.05, 0.1) is 18.1 Å².